The highest BCUT2D eigenvalue weighted by Crippen LogP contribution is 2.24. The van der Waals surface area contributed by atoms with Gasteiger partial charge < -0.3 is 15.4 Å². The molecule has 0 aliphatic carbocycles. The number of nitrogens with zero attached hydrogens (tertiary/aromatic N) is 2. The third-order valence-electron chi connectivity index (χ3n) is 1.31. The van der Waals surface area contributed by atoms with Gasteiger partial charge >= 0.3 is 5.82 Å². The second-order valence-corrected chi connectivity index (χ2v) is 2.86. The first-order chi connectivity index (χ1) is 6.07. The Balaban J connectivity index is 3.13. The van der Waals surface area contributed by atoms with Gasteiger partial charge in [-0.05, 0) is 20.9 Å². The van der Waals surface area contributed by atoms with Gasteiger partial charge in [-0.3, -0.25) is 4.79 Å². The first-order valence-electron chi connectivity index (χ1n) is 3.18. The van der Waals surface area contributed by atoms with Gasteiger partial charge in [0.25, 0.3) is 5.91 Å². The molecular formula is C5H5BrN4O3. The van der Waals surface area contributed by atoms with Crippen LogP contribution in [0.4, 0.5) is 5.82 Å². The highest BCUT2D eigenvalue weighted by molar-refractivity contribution is 9.10. The van der Waals surface area contributed by atoms with Crippen LogP contribution in [0.2, 0.25) is 0 Å². The number of aromatic nitrogens is 2. The van der Waals surface area contributed by atoms with Gasteiger partial charge in [0.1, 0.15) is 4.47 Å². The maximum atomic E-state index is 11.0. The number of rotatable bonds is 2. The largest absolute Gasteiger partial charge is 0.358 e. The van der Waals surface area contributed by atoms with E-state index in [4.69, 9.17) is 0 Å². The third kappa shape index (κ3) is 1.66. The summed E-state index contributed by atoms with van der Waals surface area (Å²) in [5, 5.41) is 18.2. The van der Waals surface area contributed by atoms with E-state index < -0.39 is 10.8 Å². The summed E-state index contributed by atoms with van der Waals surface area (Å²) < 4.78 is 0.0526. The number of amides is 1. The molecule has 7 nitrogen and oxygen atoms in total. The molecule has 0 saturated carbocycles. The van der Waals surface area contributed by atoms with Crippen molar-refractivity contribution in [2.24, 2.45) is 0 Å². The van der Waals surface area contributed by atoms with Crippen LogP contribution in [-0.2, 0) is 0 Å². The van der Waals surface area contributed by atoms with E-state index in [1.807, 2.05) is 0 Å². The van der Waals surface area contributed by atoms with E-state index in [9.17, 15) is 14.9 Å². The Morgan fingerprint density at radius 1 is 1.77 bits per heavy atom. The van der Waals surface area contributed by atoms with Crippen molar-refractivity contribution in [2.75, 3.05) is 7.05 Å². The zero-order valence-corrected chi connectivity index (χ0v) is 8.08. The van der Waals surface area contributed by atoms with Crippen molar-refractivity contribution in [1.82, 2.24) is 15.5 Å². The molecule has 70 valence electrons. The van der Waals surface area contributed by atoms with Crippen molar-refractivity contribution < 1.29 is 9.72 Å². The van der Waals surface area contributed by atoms with Gasteiger partial charge in [0, 0.05) is 7.05 Å². The van der Waals surface area contributed by atoms with Crippen LogP contribution in [0.3, 0.4) is 0 Å². The molecule has 0 fully saturated rings. The average molecular weight is 249 g/mol. The molecule has 0 saturated heterocycles. The minimum Gasteiger partial charge on any atom is -0.358 e. The molecule has 1 amide bonds. The lowest BCUT2D eigenvalue weighted by Gasteiger charge is -1.92. The number of nitrogens with one attached hydrogen (secondary N) is 2. The number of hydrogen-bond acceptors (Lipinski definition) is 4. The van der Waals surface area contributed by atoms with Crippen LogP contribution in [-0.4, -0.2) is 28.1 Å². The molecule has 0 unspecified atom stereocenters. The summed E-state index contributed by atoms with van der Waals surface area (Å²) in [6, 6.07) is 0. The molecule has 0 atom stereocenters. The summed E-state index contributed by atoms with van der Waals surface area (Å²) in [6.07, 6.45) is 0. The minimum absolute atomic E-state index is 0.0331. The predicted octanol–water partition coefficient (Wildman–Crippen LogP) is 0.440. The fraction of sp³-hybridized carbons (Fsp3) is 0.200. The first kappa shape index (κ1) is 9.65. The Morgan fingerprint density at radius 3 is 2.77 bits per heavy atom. The van der Waals surface area contributed by atoms with E-state index >= 15 is 0 Å². The normalized spacial score (nSPS) is 9.69. The molecule has 13 heavy (non-hydrogen) atoms. The molecule has 1 rings (SSSR count). The second kappa shape index (κ2) is 3.52. The van der Waals surface area contributed by atoms with Gasteiger partial charge in [-0.25, -0.2) is 0 Å². The van der Waals surface area contributed by atoms with Crippen molar-refractivity contribution >= 4 is 27.7 Å². The van der Waals surface area contributed by atoms with Crippen LogP contribution in [0, 0.1) is 10.1 Å². The van der Waals surface area contributed by atoms with Crippen molar-refractivity contribution in [2.45, 2.75) is 0 Å². The fourth-order valence-electron chi connectivity index (χ4n) is 0.709. The minimum atomic E-state index is -0.663. The van der Waals surface area contributed by atoms with Crippen molar-refractivity contribution in [3.8, 4) is 0 Å². The molecule has 1 heterocycles. The number of carbonyl (C=O) groups is 1. The molecule has 0 aromatic carbocycles. The van der Waals surface area contributed by atoms with Crippen LogP contribution >= 0.6 is 15.9 Å². The number of nitro groups is 1. The van der Waals surface area contributed by atoms with Gasteiger partial charge in [0.2, 0.25) is 0 Å². The highest BCUT2D eigenvalue weighted by atomic mass is 79.9. The number of halogens is 1. The average Bonchev–Trinajstić information content (AvgIpc) is 2.46. The SMILES string of the molecule is CNC(=O)c1n[nH]c([N+](=O)[O-])c1Br. The molecule has 0 bridgehead atoms. The quantitative estimate of drug-likeness (QED) is 0.586. The Labute approximate surface area is 80.8 Å². The summed E-state index contributed by atoms with van der Waals surface area (Å²) in [6.45, 7) is 0. The highest BCUT2D eigenvalue weighted by Gasteiger charge is 2.23. The van der Waals surface area contributed by atoms with Gasteiger partial charge in [0.15, 0.2) is 5.69 Å². The van der Waals surface area contributed by atoms with Gasteiger partial charge in [-0.1, -0.05) is 5.10 Å². The Kier molecular flexibility index (Phi) is 2.61. The van der Waals surface area contributed by atoms with Gasteiger partial charge in [0.05, 0.1) is 0 Å². The maximum Gasteiger partial charge on any atom is 0.357 e. The maximum absolute atomic E-state index is 11.0. The third-order valence-corrected chi connectivity index (χ3v) is 2.07. The van der Waals surface area contributed by atoms with Crippen LogP contribution in [0.1, 0.15) is 10.5 Å². The van der Waals surface area contributed by atoms with Crippen molar-refractivity contribution in [3.05, 3.63) is 20.3 Å². The zero-order valence-electron chi connectivity index (χ0n) is 6.50. The molecule has 1 aromatic heterocycles. The van der Waals surface area contributed by atoms with E-state index in [1.165, 1.54) is 7.05 Å². The molecule has 1 aromatic rings. The molecule has 0 aliphatic rings. The summed E-state index contributed by atoms with van der Waals surface area (Å²) in [5.74, 6) is -0.824. The summed E-state index contributed by atoms with van der Waals surface area (Å²) in [7, 11) is 1.41. The van der Waals surface area contributed by atoms with Crippen molar-refractivity contribution in [1.29, 1.82) is 0 Å². The molecule has 2 N–H and O–H groups in total. The fourth-order valence-corrected chi connectivity index (χ4v) is 1.21. The molecule has 8 heteroatoms. The van der Waals surface area contributed by atoms with Crippen LogP contribution in [0.15, 0.2) is 4.47 Å². The van der Waals surface area contributed by atoms with E-state index in [2.05, 4.69) is 31.4 Å². The molecule has 0 aliphatic heterocycles. The van der Waals surface area contributed by atoms with Gasteiger partial charge in [-0.15, -0.1) is 5.10 Å². The van der Waals surface area contributed by atoms with E-state index in [0.29, 0.717) is 0 Å². The molecular weight excluding hydrogens is 244 g/mol. The molecule has 0 radical (unpaired) electrons. The lowest BCUT2D eigenvalue weighted by Crippen LogP contribution is -2.18. The Hall–Kier alpha value is -1.44. The van der Waals surface area contributed by atoms with Gasteiger partial charge in [-0.2, -0.15) is 0 Å². The van der Waals surface area contributed by atoms with E-state index in [0.717, 1.165) is 0 Å². The number of carbonyl (C=O) groups excluding carboxylic acids is 1. The van der Waals surface area contributed by atoms with Crippen LogP contribution < -0.4 is 5.32 Å². The van der Waals surface area contributed by atoms with Crippen molar-refractivity contribution in [3.63, 3.8) is 0 Å². The zero-order chi connectivity index (χ0) is 10.0. The lowest BCUT2D eigenvalue weighted by atomic mass is 10.4. The summed E-state index contributed by atoms with van der Waals surface area (Å²) in [5.41, 5.74) is -0.0331. The van der Waals surface area contributed by atoms with Crippen LogP contribution in [0.25, 0.3) is 0 Å². The van der Waals surface area contributed by atoms with Crippen LogP contribution in [0.5, 0.6) is 0 Å². The lowest BCUT2D eigenvalue weighted by molar-refractivity contribution is -0.390. The number of hydrogen-bond donors (Lipinski definition) is 2. The Morgan fingerprint density at radius 2 is 2.38 bits per heavy atom. The summed E-state index contributed by atoms with van der Waals surface area (Å²) >= 11 is 2.90. The Bertz CT molecular complexity index is 361. The van der Waals surface area contributed by atoms with E-state index in [-0.39, 0.29) is 16.0 Å². The second-order valence-electron chi connectivity index (χ2n) is 2.07. The predicted molar refractivity (Wildman–Crippen MR) is 46.3 cm³/mol. The smallest absolute Gasteiger partial charge is 0.357 e. The monoisotopic (exact) mass is 248 g/mol. The first-order valence-corrected chi connectivity index (χ1v) is 3.97. The number of aromatic amines is 1. The van der Waals surface area contributed by atoms with E-state index in [1.54, 1.807) is 0 Å². The number of H-pyrrole nitrogens is 1. The molecule has 0 spiro atoms. The summed E-state index contributed by atoms with van der Waals surface area (Å²) in [4.78, 5) is 20.7. The standard InChI is InChI=1S/C5H5BrN4O3/c1-7-5(11)3-2(6)4(9-8-3)10(12)13/h1H3,(H,7,11)(H,8,9). The topological polar surface area (TPSA) is 101 Å².